The molecule has 0 aliphatic carbocycles. The highest BCUT2D eigenvalue weighted by Crippen LogP contribution is 2.19. The van der Waals surface area contributed by atoms with Gasteiger partial charge in [0.2, 0.25) is 0 Å². The van der Waals surface area contributed by atoms with Gasteiger partial charge in [-0.2, -0.15) is 11.8 Å². The van der Waals surface area contributed by atoms with Crippen molar-refractivity contribution in [2.24, 2.45) is 0 Å². The van der Waals surface area contributed by atoms with Crippen LogP contribution in [0.1, 0.15) is 18.9 Å². The largest absolute Gasteiger partial charge is 0.312 e. The molecule has 2 rings (SSSR count). The summed E-state index contributed by atoms with van der Waals surface area (Å²) in [5.41, 5.74) is 1.42. The minimum absolute atomic E-state index is 0.667. The molecule has 0 aromatic heterocycles. The molecule has 2 atom stereocenters. The summed E-state index contributed by atoms with van der Waals surface area (Å²) in [5.74, 6) is 0. The van der Waals surface area contributed by atoms with Gasteiger partial charge in [0.15, 0.2) is 0 Å². The molecule has 1 aromatic rings. The number of thioether (sulfide) groups is 1. The van der Waals surface area contributed by atoms with Gasteiger partial charge in [0, 0.05) is 37.5 Å². The first-order valence-electron chi connectivity index (χ1n) is 6.86. The maximum Gasteiger partial charge on any atom is 0.0325 e. The zero-order valence-electron chi connectivity index (χ0n) is 11.4. The molecule has 3 heteroatoms. The fourth-order valence-electron chi connectivity index (χ4n) is 2.64. The second kappa shape index (κ2) is 7.17. The molecule has 1 aliphatic heterocycles. The van der Waals surface area contributed by atoms with E-state index in [0.29, 0.717) is 11.3 Å². The van der Waals surface area contributed by atoms with Crippen molar-refractivity contribution in [3.8, 4) is 0 Å². The van der Waals surface area contributed by atoms with E-state index in [1.54, 1.807) is 0 Å². The highest BCUT2D eigenvalue weighted by Gasteiger charge is 2.24. The van der Waals surface area contributed by atoms with Crippen molar-refractivity contribution in [3.05, 3.63) is 35.9 Å². The summed E-state index contributed by atoms with van der Waals surface area (Å²) in [5, 5.41) is 4.39. The molecule has 1 aliphatic rings. The zero-order chi connectivity index (χ0) is 12.8. The van der Waals surface area contributed by atoms with Gasteiger partial charge in [0.1, 0.15) is 0 Å². The minimum Gasteiger partial charge on any atom is -0.312 e. The summed E-state index contributed by atoms with van der Waals surface area (Å²) in [6.07, 6.45) is 3.46. The van der Waals surface area contributed by atoms with Crippen molar-refractivity contribution in [1.82, 2.24) is 10.2 Å². The maximum absolute atomic E-state index is 3.69. The van der Waals surface area contributed by atoms with Crippen LogP contribution in [-0.4, -0.2) is 42.1 Å². The van der Waals surface area contributed by atoms with Gasteiger partial charge in [0.05, 0.1) is 0 Å². The molecule has 1 N–H and O–H groups in total. The van der Waals surface area contributed by atoms with Crippen LogP contribution in [0.25, 0.3) is 0 Å². The number of benzene rings is 1. The average molecular weight is 264 g/mol. The maximum atomic E-state index is 3.69. The first kappa shape index (κ1) is 13.9. The van der Waals surface area contributed by atoms with Crippen LogP contribution in [0.15, 0.2) is 30.3 Å². The van der Waals surface area contributed by atoms with Crippen LogP contribution in [-0.2, 0) is 6.54 Å². The molecule has 1 saturated heterocycles. The monoisotopic (exact) mass is 264 g/mol. The fourth-order valence-corrected chi connectivity index (χ4v) is 3.62. The number of hydrogen-bond donors (Lipinski definition) is 1. The third-order valence-electron chi connectivity index (χ3n) is 3.71. The van der Waals surface area contributed by atoms with Crippen LogP contribution in [0, 0.1) is 0 Å². The van der Waals surface area contributed by atoms with Gasteiger partial charge >= 0.3 is 0 Å². The molecule has 0 radical (unpaired) electrons. The van der Waals surface area contributed by atoms with E-state index in [2.05, 4.69) is 53.7 Å². The van der Waals surface area contributed by atoms with Gasteiger partial charge in [0.25, 0.3) is 0 Å². The Labute approximate surface area is 115 Å². The molecule has 2 nitrogen and oxygen atoms in total. The minimum atomic E-state index is 0.667. The normalized spacial score (nSPS) is 25.9. The van der Waals surface area contributed by atoms with Crippen LogP contribution >= 0.6 is 11.8 Å². The molecule has 1 fully saturated rings. The predicted molar refractivity (Wildman–Crippen MR) is 81.1 cm³/mol. The molecule has 1 heterocycles. The first-order chi connectivity index (χ1) is 8.83. The van der Waals surface area contributed by atoms with Gasteiger partial charge in [-0.1, -0.05) is 37.3 Å². The Kier molecular flexibility index (Phi) is 5.54. The topological polar surface area (TPSA) is 15.3 Å². The van der Waals surface area contributed by atoms with Crippen molar-refractivity contribution in [3.63, 3.8) is 0 Å². The molecule has 18 heavy (non-hydrogen) atoms. The van der Waals surface area contributed by atoms with Gasteiger partial charge in [-0.05, 0) is 18.2 Å². The predicted octanol–water partition coefficient (Wildman–Crippen LogP) is 2.60. The zero-order valence-corrected chi connectivity index (χ0v) is 12.2. The molecule has 0 bridgehead atoms. The van der Waals surface area contributed by atoms with Gasteiger partial charge < -0.3 is 5.32 Å². The number of hydrogen-bond acceptors (Lipinski definition) is 3. The van der Waals surface area contributed by atoms with E-state index in [9.17, 15) is 0 Å². The molecular formula is C15H24N2S. The van der Waals surface area contributed by atoms with E-state index < -0.39 is 0 Å². The lowest BCUT2D eigenvalue weighted by atomic mass is 10.1. The quantitative estimate of drug-likeness (QED) is 0.900. The molecule has 0 saturated carbocycles. The Balaban J connectivity index is 1.97. The SMILES string of the molecule is CCC1NCCN(Cc2ccccc2)CC1SC. The lowest BCUT2D eigenvalue weighted by Crippen LogP contribution is -2.38. The third-order valence-corrected chi connectivity index (χ3v) is 4.80. The van der Waals surface area contributed by atoms with Gasteiger partial charge in [-0.25, -0.2) is 0 Å². The molecular weight excluding hydrogens is 240 g/mol. The van der Waals surface area contributed by atoms with Crippen LogP contribution in [0.5, 0.6) is 0 Å². The Morgan fingerprint density at radius 3 is 2.78 bits per heavy atom. The van der Waals surface area contributed by atoms with Crippen molar-refractivity contribution >= 4 is 11.8 Å². The van der Waals surface area contributed by atoms with Crippen LogP contribution < -0.4 is 5.32 Å². The Morgan fingerprint density at radius 1 is 1.33 bits per heavy atom. The molecule has 0 amide bonds. The second-order valence-electron chi connectivity index (χ2n) is 4.96. The van der Waals surface area contributed by atoms with E-state index in [1.165, 1.54) is 18.5 Å². The number of rotatable bonds is 4. The summed E-state index contributed by atoms with van der Waals surface area (Å²) in [7, 11) is 0. The molecule has 2 unspecified atom stereocenters. The Bertz CT molecular complexity index is 342. The van der Waals surface area contributed by atoms with Gasteiger partial charge in [-0.15, -0.1) is 0 Å². The summed E-state index contributed by atoms with van der Waals surface area (Å²) < 4.78 is 0. The lowest BCUT2D eigenvalue weighted by Gasteiger charge is -2.26. The summed E-state index contributed by atoms with van der Waals surface area (Å²) in [6.45, 7) is 6.83. The van der Waals surface area contributed by atoms with E-state index in [4.69, 9.17) is 0 Å². The fraction of sp³-hybridized carbons (Fsp3) is 0.600. The lowest BCUT2D eigenvalue weighted by molar-refractivity contribution is 0.285. The number of nitrogens with zero attached hydrogens (tertiary/aromatic N) is 1. The summed E-state index contributed by atoms with van der Waals surface area (Å²) in [4.78, 5) is 2.58. The van der Waals surface area contributed by atoms with Crippen LogP contribution in [0.3, 0.4) is 0 Å². The first-order valence-corrected chi connectivity index (χ1v) is 8.14. The van der Waals surface area contributed by atoms with E-state index in [1.807, 2.05) is 11.8 Å². The van der Waals surface area contributed by atoms with Gasteiger partial charge in [-0.3, -0.25) is 4.90 Å². The van der Waals surface area contributed by atoms with Crippen molar-refractivity contribution in [2.45, 2.75) is 31.2 Å². The third kappa shape index (κ3) is 3.74. The highest BCUT2D eigenvalue weighted by atomic mass is 32.2. The summed E-state index contributed by atoms with van der Waals surface area (Å²) in [6, 6.07) is 11.5. The molecule has 100 valence electrons. The Hall–Kier alpha value is -0.510. The van der Waals surface area contributed by atoms with E-state index in [-0.39, 0.29) is 0 Å². The van der Waals surface area contributed by atoms with E-state index >= 15 is 0 Å². The Morgan fingerprint density at radius 2 is 2.11 bits per heavy atom. The van der Waals surface area contributed by atoms with Crippen molar-refractivity contribution < 1.29 is 0 Å². The standard InChI is InChI=1S/C15H24N2S/c1-3-14-15(18-2)12-17(10-9-16-14)11-13-7-5-4-6-8-13/h4-8,14-16H,3,9-12H2,1-2H3. The second-order valence-corrected chi connectivity index (χ2v) is 6.04. The summed E-state index contributed by atoms with van der Waals surface area (Å²) >= 11 is 2.00. The number of nitrogens with one attached hydrogen (secondary N) is 1. The highest BCUT2D eigenvalue weighted by molar-refractivity contribution is 7.99. The van der Waals surface area contributed by atoms with Crippen LogP contribution in [0.4, 0.5) is 0 Å². The average Bonchev–Trinajstić information content (AvgIpc) is 2.61. The van der Waals surface area contributed by atoms with Crippen molar-refractivity contribution in [1.29, 1.82) is 0 Å². The smallest absolute Gasteiger partial charge is 0.0325 e. The molecule has 0 spiro atoms. The van der Waals surface area contributed by atoms with Crippen LogP contribution in [0.2, 0.25) is 0 Å². The molecule has 1 aromatic carbocycles. The van der Waals surface area contributed by atoms with E-state index in [0.717, 1.165) is 19.6 Å². The van der Waals surface area contributed by atoms with Crippen molar-refractivity contribution in [2.75, 3.05) is 25.9 Å².